The van der Waals surface area contributed by atoms with E-state index in [1.165, 1.54) is 42.1 Å². The standard InChI is InChI=1S/C21H18N4O3S3.C18H15BrClN3O3S/c1-15-13-17(25(23-15)16-7-3-2-4-8-16)14-18(26)24-31(27,28)21-11-10-20(30-21)29-19-9-5-6-12-22-19;1-12-18(19)16(23(21-12)14-5-3-2-4-6-14)11-17(24)22-27(25,26)15-9-7-13(20)8-10-15/h2-13H,14H2,1H3,(H,24,26);2-10H,11H2,1H3,(H,22,24). The van der Waals surface area contributed by atoms with Gasteiger partial charge in [0.2, 0.25) is 11.8 Å². The maximum Gasteiger partial charge on any atom is 0.273 e. The van der Waals surface area contributed by atoms with Crippen LogP contribution in [-0.2, 0) is 42.5 Å². The first kappa shape index (κ1) is 42.5. The topological polar surface area (TPSA) is 175 Å². The number of hydrogen-bond acceptors (Lipinski definition) is 11. The average molecular weight is 939 g/mol. The molecule has 3 aromatic carbocycles. The first-order valence-corrected chi connectivity index (χ1v) is 22.9. The van der Waals surface area contributed by atoms with E-state index in [-0.39, 0.29) is 21.9 Å². The highest BCUT2D eigenvalue weighted by Gasteiger charge is 2.24. The molecule has 2 N–H and O–H groups in total. The largest absolute Gasteiger partial charge is 0.274 e. The van der Waals surface area contributed by atoms with Gasteiger partial charge in [0.25, 0.3) is 20.0 Å². The Kier molecular flexibility index (Phi) is 13.7. The maximum absolute atomic E-state index is 12.7. The lowest BCUT2D eigenvalue weighted by Crippen LogP contribution is -2.32. The van der Waals surface area contributed by atoms with Crippen LogP contribution in [-0.4, -0.2) is 53.2 Å². The number of benzene rings is 3. The lowest BCUT2D eigenvalue weighted by Gasteiger charge is -2.10. The van der Waals surface area contributed by atoms with E-state index in [0.29, 0.717) is 26.6 Å². The number of nitrogens with one attached hydrogen (secondary N) is 2. The molecular formula is C39H33BrClN7O6S4. The third-order valence-electron chi connectivity index (χ3n) is 7.94. The zero-order chi connectivity index (χ0) is 41.5. The highest BCUT2D eigenvalue weighted by molar-refractivity contribution is 9.10. The van der Waals surface area contributed by atoms with Crippen LogP contribution in [0.2, 0.25) is 5.02 Å². The number of nitrogens with zero attached hydrogens (tertiary/aromatic N) is 5. The number of carbonyl (C=O) groups is 2. The maximum atomic E-state index is 12.7. The molecule has 0 spiro atoms. The van der Waals surface area contributed by atoms with E-state index >= 15 is 0 Å². The number of sulfonamides is 2. The van der Waals surface area contributed by atoms with Gasteiger partial charge in [-0.15, -0.1) is 11.3 Å². The summed E-state index contributed by atoms with van der Waals surface area (Å²) in [6.07, 6.45) is 1.40. The molecule has 0 bridgehead atoms. The molecule has 298 valence electrons. The van der Waals surface area contributed by atoms with Gasteiger partial charge in [-0.05, 0) is 109 Å². The van der Waals surface area contributed by atoms with Crippen LogP contribution in [0.25, 0.3) is 11.4 Å². The summed E-state index contributed by atoms with van der Waals surface area (Å²) < 4.78 is 59.2. The molecule has 0 atom stereocenters. The quantitative estimate of drug-likeness (QED) is 0.125. The predicted molar refractivity (Wildman–Crippen MR) is 226 cm³/mol. The molecule has 2 amide bonds. The van der Waals surface area contributed by atoms with Crippen LogP contribution < -0.4 is 9.44 Å². The molecule has 0 aliphatic rings. The van der Waals surface area contributed by atoms with Gasteiger partial charge in [-0.1, -0.05) is 65.8 Å². The van der Waals surface area contributed by atoms with Crippen molar-refractivity contribution in [2.24, 2.45) is 0 Å². The van der Waals surface area contributed by atoms with Gasteiger partial charge >= 0.3 is 0 Å². The Labute approximate surface area is 356 Å². The fourth-order valence-corrected chi connectivity index (χ4v) is 10.4. The van der Waals surface area contributed by atoms with Gasteiger partial charge in [0.05, 0.1) is 60.6 Å². The third kappa shape index (κ3) is 10.9. The second kappa shape index (κ2) is 18.6. The van der Waals surface area contributed by atoms with Crippen molar-refractivity contribution in [2.75, 3.05) is 0 Å². The van der Waals surface area contributed by atoms with Crippen molar-refractivity contribution in [1.82, 2.24) is 34.0 Å². The number of para-hydroxylation sites is 2. The molecule has 7 rings (SSSR count). The van der Waals surface area contributed by atoms with Gasteiger partial charge in [-0.3, -0.25) is 9.59 Å². The first-order chi connectivity index (χ1) is 27.7. The Hall–Kier alpha value is -5.11. The number of carbonyl (C=O) groups excluding carboxylic acids is 2. The van der Waals surface area contributed by atoms with E-state index in [1.807, 2.05) is 85.8 Å². The van der Waals surface area contributed by atoms with Crippen molar-refractivity contribution in [3.63, 3.8) is 0 Å². The Balaban J connectivity index is 0.000000198. The van der Waals surface area contributed by atoms with Crippen LogP contribution in [0.15, 0.2) is 150 Å². The molecule has 0 aliphatic heterocycles. The summed E-state index contributed by atoms with van der Waals surface area (Å²) in [5.41, 5.74) is 4.17. The van der Waals surface area contributed by atoms with E-state index in [4.69, 9.17) is 11.6 Å². The molecule has 13 nitrogen and oxygen atoms in total. The Morgan fingerprint density at radius 1 is 0.741 bits per heavy atom. The summed E-state index contributed by atoms with van der Waals surface area (Å²) in [6.45, 7) is 3.62. The van der Waals surface area contributed by atoms with E-state index in [9.17, 15) is 26.4 Å². The minimum atomic E-state index is -3.98. The van der Waals surface area contributed by atoms with Crippen LogP contribution in [0.3, 0.4) is 0 Å². The summed E-state index contributed by atoms with van der Waals surface area (Å²) in [5, 5.41) is 10.0. The van der Waals surface area contributed by atoms with Crippen LogP contribution >= 0.6 is 50.6 Å². The number of thiophene rings is 1. The van der Waals surface area contributed by atoms with Crippen molar-refractivity contribution >= 4 is 82.5 Å². The van der Waals surface area contributed by atoms with Crippen molar-refractivity contribution in [3.05, 3.63) is 160 Å². The minimum Gasteiger partial charge on any atom is -0.274 e. The lowest BCUT2D eigenvalue weighted by molar-refractivity contribution is -0.119. The second-order valence-electron chi connectivity index (χ2n) is 12.3. The van der Waals surface area contributed by atoms with Crippen molar-refractivity contribution < 1.29 is 26.4 Å². The van der Waals surface area contributed by atoms with Crippen LogP contribution in [0, 0.1) is 13.8 Å². The van der Waals surface area contributed by atoms with Gasteiger partial charge in [-0.2, -0.15) is 10.2 Å². The highest BCUT2D eigenvalue weighted by Crippen LogP contribution is 2.34. The van der Waals surface area contributed by atoms with Gasteiger partial charge in [0.15, 0.2) is 0 Å². The fourth-order valence-electron chi connectivity index (χ4n) is 5.39. The molecule has 0 unspecified atom stereocenters. The SMILES string of the molecule is Cc1cc(CC(=O)NS(=O)(=O)c2ccc(Sc3ccccn3)s2)n(-c2ccccc2)n1.Cc1nn(-c2ccccc2)c(CC(=O)NS(=O)(=O)c2ccc(Cl)cc2)c1Br. The van der Waals surface area contributed by atoms with E-state index < -0.39 is 31.9 Å². The summed E-state index contributed by atoms with van der Waals surface area (Å²) in [5.74, 6) is -1.29. The molecule has 0 saturated heterocycles. The summed E-state index contributed by atoms with van der Waals surface area (Å²) >= 11 is 11.7. The van der Waals surface area contributed by atoms with Gasteiger partial charge in [0, 0.05) is 11.2 Å². The first-order valence-electron chi connectivity index (χ1n) is 17.1. The Morgan fingerprint density at radius 2 is 1.34 bits per heavy atom. The summed E-state index contributed by atoms with van der Waals surface area (Å²) in [6, 6.07) is 34.7. The molecule has 4 heterocycles. The Morgan fingerprint density at radius 3 is 1.98 bits per heavy atom. The number of pyridine rings is 1. The van der Waals surface area contributed by atoms with E-state index in [2.05, 4.69) is 40.6 Å². The molecule has 19 heteroatoms. The third-order valence-corrected chi connectivity index (χ3v) is 14.6. The fraction of sp³-hybridized carbons (Fsp3) is 0.103. The summed E-state index contributed by atoms with van der Waals surface area (Å²) in [4.78, 5) is 29.2. The monoisotopic (exact) mass is 937 g/mol. The van der Waals surface area contributed by atoms with Gasteiger partial charge in [-0.25, -0.2) is 40.6 Å². The van der Waals surface area contributed by atoms with Crippen LogP contribution in [0.1, 0.15) is 22.8 Å². The van der Waals surface area contributed by atoms with E-state index in [0.717, 1.165) is 37.6 Å². The number of amides is 2. The number of halogens is 2. The number of aromatic nitrogens is 5. The van der Waals surface area contributed by atoms with E-state index in [1.54, 1.807) is 34.6 Å². The molecule has 0 radical (unpaired) electrons. The molecule has 0 aliphatic carbocycles. The second-order valence-corrected chi connectivity index (χ2v) is 19.6. The highest BCUT2D eigenvalue weighted by atomic mass is 79.9. The number of hydrogen-bond donors (Lipinski definition) is 2. The zero-order valence-corrected chi connectivity index (χ0v) is 36.2. The molecule has 0 fully saturated rings. The number of aryl methyl sites for hydroxylation is 2. The van der Waals surface area contributed by atoms with Crippen molar-refractivity contribution in [3.8, 4) is 11.4 Å². The molecular weight excluding hydrogens is 906 g/mol. The van der Waals surface area contributed by atoms with Crippen LogP contribution in [0.5, 0.6) is 0 Å². The molecule has 4 aromatic heterocycles. The minimum absolute atomic E-state index is 0.0351. The Bertz CT molecular complexity index is 2770. The van der Waals surface area contributed by atoms with Gasteiger partial charge < -0.3 is 0 Å². The molecule has 58 heavy (non-hydrogen) atoms. The normalized spacial score (nSPS) is 11.4. The van der Waals surface area contributed by atoms with Crippen molar-refractivity contribution in [2.45, 2.75) is 45.0 Å². The predicted octanol–water partition coefficient (Wildman–Crippen LogP) is 7.48. The lowest BCUT2D eigenvalue weighted by atomic mass is 10.2. The van der Waals surface area contributed by atoms with Gasteiger partial charge in [0.1, 0.15) is 9.24 Å². The smallest absolute Gasteiger partial charge is 0.273 e. The van der Waals surface area contributed by atoms with Crippen LogP contribution in [0.4, 0.5) is 0 Å². The summed E-state index contributed by atoms with van der Waals surface area (Å²) in [7, 11) is -7.95. The average Bonchev–Trinajstić information content (AvgIpc) is 3.90. The molecule has 7 aromatic rings. The molecule has 0 saturated carbocycles. The zero-order valence-electron chi connectivity index (χ0n) is 30.6. The number of rotatable bonds is 12. The van der Waals surface area contributed by atoms with Crippen molar-refractivity contribution in [1.29, 1.82) is 0 Å².